The summed E-state index contributed by atoms with van der Waals surface area (Å²) in [7, 11) is 4.34. The van der Waals surface area contributed by atoms with E-state index in [2.05, 4.69) is 56.9 Å². The van der Waals surface area contributed by atoms with E-state index >= 15 is 0 Å². The van der Waals surface area contributed by atoms with E-state index in [1.54, 1.807) is 0 Å². The molecule has 1 rings (SSSR count). The van der Waals surface area contributed by atoms with E-state index in [-0.39, 0.29) is 0 Å². The van der Waals surface area contributed by atoms with Crippen molar-refractivity contribution < 1.29 is 0 Å². The highest BCUT2D eigenvalue weighted by atomic mass is 15.2. The zero-order valence-electron chi connectivity index (χ0n) is 13.3. The molecule has 3 heteroatoms. The Morgan fingerprint density at radius 2 is 2.00 bits per heavy atom. The van der Waals surface area contributed by atoms with E-state index in [1.165, 1.54) is 32.5 Å². The van der Waals surface area contributed by atoms with Gasteiger partial charge in [-0.05, 0) is 38.9 Å². The third kappa shape index (κ3) is 6.17. The molecule has 1 atom stereocenters. The lowest BCUT2D eigenvalue weighted by atomic mass is 9.91. The van der Waals surface area contributed by atoms with Crippen molar-refractivity contribution in [3.05, 3.63) is 0 Å². The summed E-state index contributed by atoms with van der Waals surface area (Å²) in [6.07, 6.45) is 2.67. The van der Waals surface area contributed by atoms with Gasteiger partial charge in [-0.2, -0.15) is 0 Å². The zero-order chi connectivity index (χ0) is 13.8. The van der Waals surface area contributed by atoms with Crippen molar-refractivity contribution in [2.24, 2.45) is 5.41 Å². The average Bonchev–Trinajstić information content (AvgIpc) is 2.13. The van der Waals surface area contributed by atoms with Crippen LogP contribution in [0.1, 0.15) is 40.5 Å². The fourth-order valence-electron chi connectivity index (χ4n) is 3.32. The number of rotatable bonds is 6. The fraction of sp³-hybridized carbons (Fsp3) is 1.00. The molecule has 1 aliphatic rings. The van der Waals surface area contributed by atoms with E-state index in [0.29, 0.717) is 17.5 Å². The molecule has 3 nitrogen and oxygen atoms in total. The summed E-state index contributed by atoms with van der Waals surface area (Å²) in [5.74, 6) is 0. The number of hydrogen-bond acceptors (Lipinski definition) is 3. The Labute approximate surface area is 114 Å². The molecule has 0 aromatic heterocycles. The van der Waals surface area contributed by atoms with Gasteiger partial charge in [0.25, 0.3) is 0 Å². The third-order valence-electron chi connectivity index (χ3n) is 3.47. The number of nitrogens with zero attached hydrogens (tertiary/aromatic N) is 2. The Morgan fingerprint density at radius 3 is 2.56 bits per heavy atom. The number of hydrogen-bond donors (Lipinski definition) is 1. The molecular weight excluding hydrogens is 222 g/mol. The van der Waals surface area contributed by atoms with Crippen LogP contribution in [0.5, 0.6) is 0 Å². The monoisotopic (exact) mass is 255 g/mol. The minimum atomic E-state index is 0.378. The van der Waals surface area contributed by atoms with E-state index in [4.69, 9.17) is 0 Å². The summed E-state index contributed by atoms with van der Waals surface area (Å²) in [5, 5.41) is 3.69. The smallest absolute Gasteiger partial charge is 0.0197 e. The van der Waals surface area contributed by atoms with Crippen molar-refractivity contribution in [2.75, 3.05) is 40.3 Å². The highest BCUT2D eigenvalue weighted by molar-refractivity contribution is 4.83. The summed E-state index contributed by atoms with van der Waals surface area (Å²) in [6, 6.07) is 1.29. The standard InChI is InChI=1S/C15H33N3/c1-13(2)16-14-8-7-9-18(10-14)12-15(3,4)11-17(5)6/h13-14,16H,7-12H2,1-6H3. The summed E-state index contributed by atoms with van der Waals surface area (Å²) in [4.78, 5) is 4.95. The highest BCUT2D eigenvalue weighted by Gasteiger charge is 2.26. The summed E-state index contributed by atoms with van der Waals surface area (Å²) < 4.78 is 0. The second kappa shape index (κ2) is 6.88. The van der Waals surface area contributed by atoms with Crippen LogP contribution in [0.15, 0.2) is 0 Å². The Kier molecular flexibility index (Phi) is 6.09. The van der Waals surface area contributed by atoms with Crippen molar-refractivity contribution in [2.45, 2.75) is 52.6 Å². The average molecular weight is 255 g/mol. The minimum absolute atomic E-state index is 0.378. The Bertz CT molecular complexity index is 236. The van der Waals surface area contributed by atoms with Gasteiger partial charge in [0.05, 0.1) is 0 Å². The lowest BCUT2D eigenvalue weighted by Crippen LogP contribution is -2.51. The van der Waals surface area contributed by atoms with Crippen LogP contribution in [-0.4, -0.2) is 62.2 Å². The summed E-state index contributed by atoms with van der Waals surface area (Å²) in [6.45, 7) is 14.1. The van der Waals surface area contributed by atoms with Gasteiger partial charge in [-0.25, -0.2) is 0 Å². The maximum absolute atomic E-state index is 3.69. The molecule has 0 radical (unpaired) electrons. The predicted octanol–water partition coefficient (Wildman–Crippen LogP) is 2.04. The quantitative estimate of drug-likeness (QED) is 0.783. The first-order chi connectivity index (χ1) is 8.28. The molecule has 1 saturated heterocycles. The first kappa shape index (κ1) is 15.9. The van der Waals surface area contributed by atoms with Gasteiger partial charge in [-0.3, -0.25) is 0 Å². The van der Waals surface area contributed by atoms with Crippen LogP contribution >= 0.6 is 0 Å². The van der Waals surface area contributed by atoms with Crippen LogP contribution in [0, 0.1) is 5.41 Å². The van der Waals surface area contributed by atoms with Crippen LogP contribution < -0.4 is 5.32 Å². The van der Waals surface area contributed by atoms with Crippen molar-refractivity contribution in [1.82, 2.24) is 15.1 Å². The Balaban J connectivity index is 2.41. The minimum Gasteiger partial charge on any atom is -0.311 e. The second-order valence-electron chi connectivity index (χ2n) is 7.30. The maximum atomic E-state index is 3.69. The zero-order valence-corrected chi connectivity index (χ0v) is 13.3. The largest absolute Gasteiger partial charge is 0.311 e. The Hall–Kier alpha value is -0.120. The van der Waals surface area contributed by atoms with Gasteiger partial charge in [0.2, 0.25) is 0 Å². The van der Waals surface area contributed by atoms with Gasteiger partial charge >= 0.3 is 0 Å². The molecule has 0 bridgehead atoms. The lowest BCUT2D eigenvalue weighted by molar-refractivity contribution is 0.110. The molecule has 18 heavy (non-hydrogen) atoms. The Morgan fingerprint density at radius 1 is 1.33 bits per heavy atom. The highest BCUT2D eigenvalue weighted by Crippen LogP contribution is 2.21. The molecule has 0 aromatic carbocycles. The van der Waals surface area contributed by atoms with Crippen LogP contribution in [0.3, 0.4) is 0 Å². The third-order valence-corrected chi connectivity index (χ3v) is 3.47. The lowest BCUT2D eigenvalue weighted by Gasteiger charge is -2.39. The molecule has 0 amide bonds. The second-order valence-corrected chi connectivity index (χ2v) is 7.30. The van der Waals surface area contributed by atoms with E-state index in [0.717, 1.165) is 6.54 Å². The maximum Gasteiger partial charge on any atom is 0.0197 e. The number of likely N-dealkylation sites (tertiary alicyclic amines) is 1. The van der Waals surface area contributed by atoms with Gasteiger partial charge in [-0.15, -0.1) is 0 Å². The number of piperidine rings is 1. The van der Waals surface area contributed by atoms with Crippen LogP contribution in [0.4, 0.5) is 0 Å². The molecule has 1 heterocycles. The van der Waals surface area contributed by atoms with E-state index in [1.807, 2.05) is 0 Å². The molecule has 0 aliphatic carbocycles. The summed E-state index contributed by atoms with van der Waals surface area (Å²) in [5.41, 5.74) is 0.378. The normalized spacial score (nSPS) is 23.0. The van der Waals surface area contributed by atoms with Gasteiger partial charge in [0.15, 0.2) is 0 Å². The van der Waals surface area contributed by atoms with E-state index in [9.17, 15) is 0 Å². The molecule has 1 fully saturated rings. The SMILES string of the molecule is CC(C)NC1CCCN(CC(C)(C)CN(C)C)C1. The van der Waals surface area contributed by atoms with Crippen LogP contribution in [0.2, 0.25) is 0 Å². The van der Waals surface area contributed by atoms with Gasteiger partial charge < -0.3 is 15.1 Å². The van der Waals surface area contributed by atoms with E-state index < -0.39 is 0 Å². The van der Waals surface area contributed by atoms with Gasteiger partial charge in [0.1, 0.15) is 0 Å². The van der Waals surface area contributed by atoms with Gasteiger partial charge in [0, 0.05) is 31.7 Å². The van der Waals surface area contributed by atoms with Gasteiger partial charge in [-0.1, -0.05) is 27.7 Å². The molecule has 0 aromatic rings. The first-order valence-electron chi connectivity index (χ1n) is 7.41. The van der Waals surface area contributed by atoms with Crippen molar-refractivity contribution in [3.8, 4) is 0 Å². The summed E-state index contributed by atoms with van der Waals surface area (Å²) >= 11 is 0. The predicted molar refractivity (Wildman–Crippen MR) is 80.1 cm³/mol. The number of nitrogens with one attached hydrogen (secondary N) is 1. The molecule has 1 aliphatic heterocycles. The first-order valence-corrected chi connectivity index (χ1v) is 7.41. The molecular formula is C15H33N3. The molecule has 108 valence electrons. The fourth-order valence-corrected chi connectivity index (χ4v) is 3.32. The molecule has 1 N–H and O–H groups in total. The van der Waals surface area contributed by atoms with Crippen molar-refractivity contribution in [3.63, 3.8) is 0 Å². The molecule has 1 unspecified atom stereocenters. The van der Waals surface area contributed by atoms with Crippen LogP contribution in [-0.2, 0) is 0 Å². The van der Waals surface area contributed by atoms with Crippen LogP contribution in [0.25, 0.3) is 0 Å². The molecule has 0 saturated carbocycles. The van der Waals surface area contributed by atoms with Crippen molar-refractivity contribution >= 4 is 0 Å². The van der Waals surface area contributed by atoms with Crippen molar-refractivity contribution in [1.29, 1.82) is 0 Å². The molecule has 0 spiro atoms. The topological polar surface area (TPSA) is 18.5 Å².